The quantitative estimate of drug-likeness (QED) is 0.428. The fraction of sp³-hybridized carbons (Fsp3) is 0.240. The van der Waals surface area contributed by atoms with Gasteiger partial charge in [0.2, 0.25) is 5.91 Å². The van der Waals surface area contributed by atoms with E-state index in [0.29, 0.717) is 17.4 Å². The highest BCUT2D eigenvalue weighted by Crippen LogP contribution is 2.50. The maximum Gasteiger partial charge on any atom is 0.246 e. The predicted octanol–water partition coefficient (Wildman–Crippen LogP) is 5.13. The highest BCUT2D eigenvalue weighted by Gasteiger charge is 2.56. The van der Waals surface area contributed by atoms with Crippen LogP contribution in [0.3, 0.4) is 0 Å². The molecule has 4 unspecified atom stereocenters. The molecule has 0 radical (unpaired) electrons. The zero-order valence-corrected chi connectivity index (χ0v) is 20.2. The molecule has 2 heterocycles. The van der Waals surface area contributed by atoms with Crippen molar-refractivity contribution in [3.63, 3.8) is 0 Å². The van der Waals surface area contributed by atoms with E-state index in [2.05, 4.69) is 38.9 Å². The van der Waals surface area contributed by atoms with E-state index in [1.165, 1.54) is 0 Å². The van der Waals surface area contributed by atoms with Crippen LogP contribution in [-0.4, -0.2) is 23.7 Å². The van der Waals surface area contributed by atoms with Crippen LogP contribution in [-0.2, 0) is 4.79 Å². The molecule has 0 saturated carbocycles. The summed E-state index contributed by atoms with van der Waals surface area (Å²) in [6.45, 7) is 2.30. The summed E-state index contributed by atoms with van der Waals surface area (Å²) in [4.78, 5) is 15.5. The maximum atomic E-state index is 13.7. The second-order valence-electron chi connectivity index (χ2n) is 8.16. The molecule has 1 amide bonds. The Morgan fingerprint density at radius 1 is 1.00 bits per heavy atom. The molecule has 2 saturated heterocycles. The van der Waals surface area contributed by atoms with Crippen molar-refractivity contribution in [3.05, 3.63) is 87.4 Å². The molecular weight excluding hydrogens is 506 g/mol. The van der Waals surface area contributed by atoms with Gasteiger partial charge in [-0.2, -0.15) is 0 Å². The monoisotopic (exact) mass is 527 g/mol. The van der Waals surface area contributed by atoms with Crippen LogP contribution < -0.4 is 20.5 Å². The van der Waals surface area contributed by atoms with Crippen molar-refractivity contribution in [2.75, 3.05) is 11.5 Å². The summed E-state index contributed by atoms with van der Waals surface area (Å²) in [5, 5.41) is 10.9. The van der Waals surface area contributed by atoms with Crippen molar-refractivity contribution in [2.45, 2.75) is 25.0 Å². The molecule has 0 bridgehead atoms. The van der Waals surface area contributed by atoms with Gasteiger partial charge in [-0.25, -0.2) is 10.9 Å². The Morgan fingerprint density at radius 3 is 2.36 bits per heavy atom. The lowest BCUT2D eigenvalue weighted by molar-refractivity contribution is -0.119. The molecule has 0 spiro atoms. The van der Waals surface area contributed by atoms with Crippen LogP contribution in [0.4, 0.5) is 5.69 Å². The number of aromatic hydroxyl groups is 1. The number of fused-ring (bicyclic) bond motifs is 1. The number of nitrogens with one attached hydrogen (secondary N) is 2. The Morgan fingerprint density at radius 2 is 1.67 bits per heavy atom. The van der Waals surface area contributed by atoms with Crippen molar-refractivity contribution in [1.82, 2.24) is 10.9 Å². The van der Waals surface area contributed by atoms with Crippen LogP contribution in [0.5, 0.6) is 11.5 Å². The number of benzene rings is 3. The van der Waals surface area contributed by atoms with Gasteiger partial charge in [0.05, 0.1) is 18.7 Å². The van der Waals surface area contributed by atoms with Gasteiger partial charge in [-0.3, -0.25) is 4.79 Å². The van der Waals surface area contributed by atoms with Crippen molar-refractivity contribution in [1.29, 1.82) is 0 Å². The molecule has 2 aliphatic rings. The summed E-state index contributed by atoms with van der Waals surface area (Å²) in [6.07, 6.45) is 0. The zero-order chi connectivity index (χ0) is 23.1. The molecule has 6 nitrogen and oxygen atoms in total. The summed E-state index contributed by atoms with van der Waals surface area (Å²) in [6, 6.07) is 19.9. The first kappa shape index (κ1) is 22.2. The van der Waals surface area contributed by atoms with Crippen LogP contribution in [0.2, 0.25) is 5.02 Å². The fourth-order valence-corrected chi connectivity index (χ4v) is 5.23. The van der Waals surface area contributed by atoms with Crippen LogP contribution >= 0.6 is 27.5 Å². The topological polar surface area (TPSA) is 73.8 Å². The normalized spacial score (nSPS) is 24.2. The third-order valence-electron chi connectivity index (χ3n) is 6.27. The Balaban J connectivity index is 1.63. The van der Waals surface area contributed by atoms with Gasteiger partial charge in [0, 0.05) is 21.1 Å². The second kappa shape index (κ2) is 8.99. The highest BCUT2D eigenvalue weighted by atomic mass is 79.9. The van der Waals surface area contributed by atoms with Gasteiger partial charge in [0.15, 0.2) is 11.5 Å². The van der Waals surface area contributed by atoms with Crippen molar-refractivity contribution in [3.8, 4) is 11.5 Å². The smallest absolute Gasteiger partial charge is 0.246 e. The molecule has 4 atom stereocenters. The zero-order valence-electron chi connectivity index (χ0n) is 17.8. The van der Waals surface area contributed by atoms with E-state index in [1.54, 1.807) is 18.2 Å². The van der Waals surface area contributed by atoms with E-state index >= 15 is 0 Å². The molecule has 8 heteroatoms. The van der Waals surface area contributed by atoms with Gasteiger partial charge >= 0.3 is 0 Å². The molecule has 33 heavy (non-hydrogen) atoms. The van der Waals surface area contributed by atoms with Crippen LogP contribution in [0.15, 0.2) is 71.2 Å². The average molecular weight is 529 g/mol. The summed E-state index contributed by atoms with van der Waals surface area (Å²) in [7, 11) is 0. The third kappa shape index (κ3) is 3.99. The van der Waals surface area contributed by atoms with Gasteiger partial charge in [0.1, 0.15) is 6.04 Å². The van der Waals surface area contributed by atoms with E-state index < -0.39 is 6.04 Å². The third-order valence-corrected chi connectivity index (χ3v) is 7.05. The Labute approximate surface area is 205 Å². The number of hydrogen-bond donors (Lipinski definition) is 3. The van der Waals surface area contributed by atoms with Gasteiger partial charge in [-0.15, -0.1) is 0 Å². The van der Waals surface area contributed by atoms with Gasteiger partial charge in [0.25, 0.3) is 0 Å². The molecule has 0 aliphatic carbocycles. The number of ether oxygens (including phenoxy) is 1. The molecule has 3 N–H and O–H groups in total. The SMILES string of the molecule is CCOc1cc(C2C3C(NNC3c3ccc(Br)cc3)C(=O)N2c2ccc(Cl)cc2)ccc1O. The van der Waals surface area contributed by atoms with E-state index in [9.17, 15) is 9.90 Å². The summed E-state index contributed by atoms with van der Waals surface area (Å²) < 4.78 is 6.64. The number of rotatable bonds is 5. The average Bonchev–Trinajstić information content (AvgIpc) is 3.36. The van der Waals surface area contributed by atoms with Gasteiger partial charge in [-0.1, -0.05) is 45.7 Å². The molecule has 3 aromatic rings. The van der Waals surface area contributed by atoms with Crippen LogP contribution in [0, 0.1) is 5.92 Å². The molecule has 2 fully saturated rings. The number of amides is 1. The second-order valence-corrected chi connectivity index (χ2v) is 9.51. The molecule has 2 aliphatic heterocycles. The minimum absolute atomic E-state index is 0.0227. The van der Waals surface area contributed by atoms with Crippen LogP contribution in [0.1, 0.15) is 30.1 Å². The largest absolute Gasteiger partial charge is 0.504 e. The van der Waals surface area contributed by atoms with Crippen LogP contribution in [0.25, 0.3) is 0 Å². The number of phenolic OH excluding ortho intramolecular Hbond substituents is 1. The van der Waals surface area contributed by atoms with Gasteiger partial charge < -0.3 is 14.7 Å². The first-order valence-corrected chi connectivity index (χ1v) is 12.0. The van der Waals surface area contributed by atoms with E-state index in [1.807, 2.05) is 48.2 Å². The fourth-order valence-electron chi connectivity index (χ4n) is 4.84. The number of nitrogens with zero attached hydrogens (tertiary/aromatic N) is 1. The summed E-state index contributed by atoms with van der Waals surface area (Å²) in [5.41, 5.74) is 9.32. The predicted molar refractivity (Wildman–Crippen MR) is 131 cm³/mol. The standard InChI is InChI=1S/C25H23BrClN3O3/c1-2-33-20-13-15(5-12-19(20)31)24-21-22(14-3-6-16(26)7-4-14)28-29-23(21)25(32)30(24)18-10-8-17(27)9-11-18/h3-13,21-24,28-29,31H,2H2,1H3. The lowest BCUT2D eigenvalue weighted by Gasteiger charge is -2.31. The molecule has 170 valence electrons. The molecule has 3 aromatic carbocycles. The van der Waals surface area contributed by atoms with E-state index in [4.69, 9.17) is 16.3 Å². The lowest BCUT2D eigenvalue weighted by Crippen LogP contribution is -2.41. The first-order valence-electron chi connectivity index (χ1n) is 10.8. The summed E-state index contributed by atoms with van der Waals surface area (Å²) in [5.74, 6) is 0.353. The van der Waals surface area contributed by atoms with E-state index in [-0.39, 0.29) is 29.7 Å². The van der Waals surface area contributed by atoms with Gasteiger partial charge in [-0.05, 0) is 66.6 Å². The number of hydrazine groups is 1. The van der Waals surface area contributed by atoms with Crippen molar-refractivity contribution < 1.29 is 14.6 Å². The number of anilines is 1. The summed E-state index contributed by atoms with van der Waals surface area (Å²) >= 11 is 9.62. The van der Waals surface area contributed by atoms with E-state index in [0.717, 1.165) is 21.3 Å². The number of hydrogen-bond acceptors (Lipinski definition) is 5. The van der Waals surface area contributed by atoms with Crippen molar-refractivity contribution >= 4 is 39.1 Å². The minimum atomic E-state index is -0.413. The molecule has 0 aromatic heterocycles. The molecular formula is C25H23BrClN3O3. The lowest BCUT2D eigenvalue weighted by atomic mass is 9.83. The Kier molecular flexibility index (Phi) is 6.05. The highest BCUT2D eigenvalue weighted by molar-refractivity contribution is 9.10. The molecule has 5 rings (SSSR count). The maximum absolute atomic E-state index is 13.7. The Bertz CT molecular complexity index is 1170. The number of carbonyl (C=O) groups is 1. The number of phenols is 1. The Hall–Kier alpha value is -2.58. The number of halogens is 2. The minimum Gasteiger partial charge on any atom is -0.504 e. The first-order chi connectivity index (χ1) is 16.0. The number of carbonyl (C=O) groups excluding carboxylic acids is 1. The van der Waals surface area contributed by atoms with Crippen molar-refractivity contribution in [2.24, 2.45) is 5.92 Å².